The number of rotatable bonds is 3. The van der Waals surface area contributed by atoms with Crippen molar-refractivity contribution in [1.29, 1.82) is 0 Å². The Morgan fingerprint density at radius 1 is 1.05 bits per heavy atom. The average molecular weight is 318 g/mol. The van der Waals surface area contributed by atoms with Gasteiger partial charge in [-0.05, 0) is 29.8 Å². The van der Waals surface area contributed by atoms with Gasteiger partial charge >= 0.3 is 0 Å². The lowest BCUT2D eigenvalue weighted by molar-refractivity contribution is 0.0992. The van der Waals surface area contributed by atoms with Crippen LogP contribution in [0.2, 0.25) is 15.1 Å². The molecule has 0 radical (unpaired) electrons. The highest BCUT2D eigenvalue weighted by molar-refractivity contribution is 6.36. The third-order valence-electron chi connectivity index (χ3n) is 2.61. The smallest absolute Gasteiger partial charge is 0.168 e. The molecule has 0 bridgehead atoms. The van der Waals surface area contributed by atoms with Gasteiger partial charge in [-0.1, -0.05) is 46.9 Å². The van der Waals surface area contributed by atoms with Gasteiger partial charge in [0.25, 0.3) is 0 Å². The molecular weight excluding hydrogens is 310 g/mol. The van der Waals surface area contributed by atoms with Crippen molar-refractivity contribution in [2.75, 3.05) is 0 Å². The lowest BCUT2D eigenvalue weighted by Crippen LogP contribution is -2.06. The van der Waals surface area contributed by atoms with Gasteiger partial charge in [0.2, 0.25) is 0 Å². The molecule has 0 amide bonds. The standard InChI is InChI=1S/C14H8Cl3FO/c15-9-4-5-11(16)10(7-9)13(19)6-8-2-1-3-12(17)14(8)18/h1-5,7H,6H2. The third kappa shape index (κ3) is 3.27. The highest BCUT2D eigenvalue weighted by Crippen LogP contribution is 2.24. The summed E-state index contributed by atoms with van der Waals surface area (Å²) in [6, 6.07) is 9.11. The maximum atomic E-state index is 13.7. The van der Waals surface area contributed by atoms with Crippen LogP contribution in [-0.2, 0) is 6.42 Å². The van der Waals surface area contributed by atoms with Crippen LogP contribution >= 0.6 is 34.8 Å². The van der Waals surface area contributed by atoms with E-state index in [4.69, 9.17) is 34.8 Å². The zero-order valence-corrected chi connectivity index (χ0v) is 11.9. The van der Waals surface area contributed by atoms with Gasteiger partial charge in [0.1, 0.15) is 5.82 Å². The molecule has 0 aliphatic rings. The molecule has 2 rings (SSSR count). The Hall–Kier alpha value is -1.09. The molecule has 0 unspecified atom stereocenters. The van der Waals surface area contributed by atoms with E-state index < -0.39 is 5.82 Å². The van der Waals surface area contributed by atoms with Gasteiger partial charge in [-0.15, -0.1) is 0 Å². The molecule has 19 heavy (non-hydrogen) atoms. The molecule has 0 aliphatic carbocycles. The lowest BCUT2D eigenvalue weighted by atomic mass is 10.0. The van der Waals surface area contributed by atoms with E-state index in [1.165, 1.54) is 24.3 Å². The Balaban J connectivity index is 2.31. The second-order valence-electron chi connectivity index (χ2n) is 3.94. The van der Waals surface area contributed by atoms with Crippen LogP contribution in [0, 0.1) is 5.82 Å². The quantitative estimate of drug-likeness (QED) is 0.710. The molecule has 0 atom stereocenters. The van der Waals surface area contributed by atoms with Crippen molar-refractivity contribution in [1.82, 2.24) is 0 Å². The molecule has 0 heterocycles. The third-order valence-corrected chi connectivity index (χ3v) is 3.47. The number of hydrogen-bond acceptors (Lipinski definition) is 1. The fraction of sp³-hybridized carbons (Fsp3) is 0.0714. The zero-order chi connectivity index (χ0) is 14.0. The van der Waals surface area contributed by atoms with Crippen LogP contribution in [0.15, 0.2) is 36.4 Å². The first-order chi connectivity index (χ1) is 8.99. The molecule has 5 heteroatoms. The van der Waals surface area contributed by atoms with E-state index in [1.54, 1.807) is 12.1 Å². The van der Waals surface area contributed by atoms with Crippen molar-refractivity contribution in [3.8, 4) is 0 Å². The first-order valence-corrected chi connectivity index (χ1v) is 6.53. The van der Waals surface area contributed by atoms with Crippen molar-refractivity contribution in [3.05, 3.63) is 68.4 Å². The number of benzene rings is 2. The molecule has 0 aromatic heterocycles. The molecular formula is C14H8Cl3FO. The Morgan fingerprint density at radius 3 is 2.53 bits per heavy atom. The van der Waals surface area contributed by atoms with Gasteiger partial charge in [-0.3, -0.25) is 4.79 Å². The first-order valence-electron chi connectivity index (χ1n) is 5.40. The molecule has 1 nitrogen and oxygen atoms in total. The van der Waals surface area contributed by atoms with E-state index in [2.05, 4.69) is 0 Å². The summed E-state index contributed by atoms with van der Waals surface area (Å²) in [4.78, 5) is 12.1. The Bertz CT molecular complexity index is 641. The van der Waals surface area contributed by atoms with E-state index in [0.717, 1.165) is 0 Å². The minimum atomic E-state index is -0.587. The van der Waals surface area contributed by atoms with Gasteiger partial charge in [0.15, 0.2) is 5.78 Å². The molecule has 0 spiro atoms. The summed E-state index contributed by atoms with van der Waals surface area (Å²) >= 11 is 17.4. The second kappa shape index (κ2) is 5.91. The fourth-order valence-electron chi connectivity index (χ4n) is 1.66. The highest BCUT2D eigenvalue weighted by Gasteiger charge is 2.15. The summed E-state index contributed by atoms with van der Waals surface area (Å²) in [6.07, 6.45) is -0.119. The van der Waals surface area contributed by atoms with Crippen LogP contribution < -0.4 is 0 Å². The fourth-order valence-corrected chi connectivity index (χ4v) is 2.25. The van der Waals surface area contributed by atoms with Crippen molar-refractivity contribution >= 4 is 40.6 Å². The maximum absolute atomic E-state index is 13.7. The van der Waals surface area contributed by atoms with E-state index in [1.807, 2.05) is 0 Å². The van der Waals surface area contributed by atoms with Crippen LogP contribution in [0.5, 0.6) is 0 Å². The SMILES string of the molecule is O=C(Cc1cccc(Cl)c1F)c1cc(Cl)ccc1Cl. The summed E-state index contributed by atoms with van der Waals surface area (Å²) in [6.45, 7) is 0. The first kappa shape index (κ1) is 14.3. The minimum Gasteiger partial charge on any atom is -0.294 e. The van der Waals surface area contributed by atoms with E-state index in [9.17, 15) is 9.18 Å². The number of Topliss-reactive ketones (excluding diaryl/α,β-unsaturated/α-hetero) is 1. The van der Waals surface area contributed by atoms with Crippen LogP contribution in [0.25, 0.3) is 0 Å². The normalized spacial score (nSPS) is 10.5. The van der Waals surface area contributed by atoms with Gasteiger partial charge in [-0.2, -0.15) is 0 Å². The molecule has 0 fully saturated rings. The van der Waals surface area contributed by atoms with E-state index in [-0.39, 0.29) is 33.4 Å². The number of hydrogen-bond donors (Lipinski definition) is 0. The Morgan fingerprint density at radius 2 is 1.79 bits per heavy atom. The number of halogens is 4. The van der Waals surface area contributed by atoms with Crippen LogP contribution in [0.3, 0.4) is 0 Å². The molecule has 0 saturated carbocycles. The van der Waals surface area contributed by atoms with Gasteiger partial charge in [0, 0.05) is 17.0 Å². The largest absolute Gasteiger partial charge is 0.294 e. The number of ketones is 1. The van der Waals surface area contributed by atoms with Crippen molar-refractivity contribution in [3.63, 3.8) is 0 Å². The van der Waals surface area contributed by atoms with Gasteiger partial charge < -0.3 is 0 Å². The van der Waals surface area contributed by atoms with Crippen molar-refractivity contribution in [2.24, 2.45) is 0 Å². The predicted octanol–water partition coefficient (Wildman–Crippen LogP) is 5.21. The molecule has 0 N–H and O–H groups in total. The topological polar surface area (TPSA) is 17.1 Å². The van der Waals surface area contributed by atoms with Crippen LogP contribution in [-0.4, -0.2) is 5.78 Å². The van der Waals surface area contributed by atoms with Gasteiger partial charge in [0.05, 0.1) is 10.0 Å². The van der Waals surface area contributed by atoms with Gasteiger partial charge in [-0.25, -0.2) is 4.39 Å². The van der Waals surface area contributed by atoms with Crippen molar-refractivity contribution < 1.29 is 9.18 Å². The van der Waals surface area contributed by atoms with Crippen molar-refractivity contribution in [2.45, 2.75) is 6.42 Å². The van der Waals surface area contributed by atoms with E-state index in [0.29, 0.717) is 5.02 Å². The summed E-state index contributed by atoms with van der Waals surface area (Å²) < 4.78 is 13.7. The highest BCUT2D eigenvalue weighted by atomic mass is 35.5. The number of carbonyl (C=O) groups excluding carboxylic acids is 1. The predicted molar refractivity (Wildman–Crippen MR) is 75.9 cm³/mol. The summed E-state index contributed by atoms with van der Waals surface area (Å²) in [5.41, 5.74) is 0.502. The summed E-state index contributed by atoms with van der Waals surface area (Å²) in [7, 11) is 0. The monoisotopic (exact) mass is 316 g/mol. The van der Waals surface area contributed by atoms with E-state index >= 15 is 0 Å². The second-order valence-corrected chi connectivity index (χ2v) is 5.19. The average Bonchev–Trinajstić information content (AvgIpc) is 2.38. The summed E-state index contributed by atoms with van der Waals surface area (Å²) in [5.74, 6) is -0.899. The number of carbonyl (C=O) groups is 1. The molecule has 98 valence electrons. The molecule has 0 aliphatic heterocycles. The van der Waals surface area contributed by atoms with Crippen LogP contribution in [0.1, 0.15) is 15.9 Å². The Kier molecular flexibility index (Phi) is 4.46. The Labute approximate surface area is 124 Å². The molecule has 2 aromatic carbocycles. The molecule has 0 saturated heterocycles. The lowest BCUT2D eigenvalue weighted by Gasteiger charge is -2.06. The minimum absolute atomic E-state index is 0.0116. The van der Waals surface area contributed by atoms with Crippen LogP contribution in [0.4, 0.5) is 4.39 Å². The zero-order valence-electron chi connectivity index (χ0n) is 9.59. The maximum Gasteiger partial charge on any atom is 0.168 e. The molecule has 2 aromatic rings. The summed E-state index contributed by atoms with van der Waals surface area (Å²) in [5, 5.41) is 0.679.